The highest BCUT2D eigenvalue weighted by Crippen LogP contribution is 2.23. The number of nitrogens with zero attached hydrogens (tertiary/aromatic N) is 2. The van der Waals surface area contributed by atoms with E-state index in [0.29, 0.717) is 35.9 Å². The van der Waals surface area contributed by atoms with Crippen LogP contribution in [0, 0.1) is 17.7 Å². The monoisotopic (exact) mass is 415 g/mol. The molecular weight excluding hydrogens is 385 g/mol. The summed E-state index contributed by atoms with van der Waals surface area (Å²) in [6, 6.07) is 7.08. The third-order valence-corrected chi connectivity index (χ3v) is 5.23. The van der Waals surface area contributed by atoms with Gasteiger partial charge >= 0.3 is 0 Å². The fourth-order valence-corrected chi connectivity index (χ4v) is 3.91. The van der Waals surface area contributed by atoms with Gasteiger partial charge < -0.3 is 14.7 Å². The zero-order valence-electron chi connectivity index (χ0n) is 18.0. The number of hydrogen-bond acceptors (Lipinski definition) is 4. The topological polar surface area (TPSA) is 75.4 Å². The molecule has 1 saturated heterocycles. The van der Waals surface area contributed by atoms with Gasteiger partial charge in [0.2, 0.25) is 11.8 Å². The van der Waals surface area contributed by atoms with Crippen LogP contribution in [-0.4, -0.2) is 40.5 Å². The van der Waals surface area contributed by atoms with E-state index in [2.05, 4.69) is 24.3 Å². The minimum atomic E-state index is -0.468. The van der Waals surface area contributed by atoms with Crippen LogP contribution in [0.1, 0.15) is 46.2 Å². The Balaban J connectivity index is 1.74. The largest absolute Gasteiger partial charge is 0.356 e. The smallest absolute Gasteiger partial charge is 0.243 e. The number of piperazine rings is 1. The first-order valence-electron chi connectivity index (χ1n) is 10.5. The zero-order chi connectivity index (χ0) is 21.8. The molecule has 162 valence electrons. The van der Waals surface area contributed by atoms with Gasteiger partial charge in [-0.15, -0.1) is 0 Å². The lowest BCUT2D eigenvalue weighted by atomic mass is 9.94. The molecule has 1 aromatic carbocycles. The number of carbonyl (C=O) groups excluding carboxylic acids is 2. The van der Waals surface area contributed by atoms with Crippen LogP contribution in [0.4, 0.5) is 4.39 Å². The maximum Gasteiger partial charge on any atom is 0.243 e. The van der Waals surface area contributed by atoms with Crippen LogP contribution >= 0.6 is 0 Å². The average Bonchev–Trinajstić information content (AvgIpc) is 3.12. The number of carbonyl (C=O) groups is 2. The summed E-state index contributed by atoms with van der Waals surface area (Å²) in [6.45, 7) is 8.80. The molecule has 3 rings (SSSR count). The fraction of sp³-hybridized carbons (Fsp3) is 0.522. The van der Waals surface area contributed by atoms with E-state index in [4.69, 9.17) is 4.52 Å². The van der Waals surface area contributed by atoms with Gasteiger partial charge in [0.05, 0.1) is 12.1 Å². The number of aromatic nitrogens is 1. The first-order chi connectivity index (χ1) is 14.2. The van der Waals surface area contributed by atoms with Gasteiger partial charge in [-0.1, -0.05) is 32.9 Å². The van der Waals surface area contributed by atoms with Crippen LogP contribution in [0.5, 0.6) is 0 Å². The molecular formula is C23H30FN3O3. The first kappa shape index (κ1) is 22.0. The van der Waals surface area contributed by atoms with Crippen molar-refractivity contribution in [2.45, 2.75) is 59.0 Å². The van der Waals surface area contributed by atoms with Crippen molar-refractivity contribution in [3.05, 3.63) is 41.8 Å². The molecule has 2 atom stereocenters. The predicted octanol–water partition coefficient (Wildman–Crippen LogP) is 3.81. The molecule has 0 aliphatic carbocycles. The molecule has 0 saturated carbocycles. The van der Waals surface area contributed by atoms with E-state index in [-0.39, 0.29) is 36.0 Å². The summed E-state index contributed by atoms with van der Waals surface area (Å²) in [6.07, 6.45) is 1.50. The molecule has 1 N–H and O–H groups in total. The molecule has 2 amide bonds. The van der Waals surface area contributed by atoms with Crippen molar-refractivity contribution in [1.29, 1.82) is 0 Å². The highest BCUT2D eigenvalue weighted by Gasteiger charge is 2.37. The van der Waals surface area contributed by atoms with Crippen LogP contribution in [0.2, 0.25) is 0 Å². The molecule has 2 heterocycles. The van der Waals surface area contributed by atoms with E-state index in [0.717, 1.165) is 6.42 Å². The van der Waals surface area contributed by atoms with Crippen molar-refractivity contribution in [3.8, 4) is 11.3 Å². The van der Waals surface area contributed by atoms with E-state index in [1.165, 1.54) is 12.1 Å². The maximum atomic E-state index is 13.1. The molecule has 1 aliphatic heterocycles. The fourth-order valence-electron chi connectivity index (χ4n) is 3.91. The Bertz CT molecular complexity index is 876. The number of halogens is 1. The maximum absolute atomic E-state index is 13.1. The Hall–Kier alpha value is -2.70. The summed E-state index contributed by atoms with van der Waals surface area (Å²) >= 11 is 0. The Kier molecular flexibility index (Phi) is 6.90. The number of benzene rings is 1. The second-order valence-electron chi connectivity index (χ2n) is 8.89. The summed E-state index contributed by atoms with van der Waals surface area (Å²) in [4.78, 5) is 27.6. The van der Waals surface area contributed by atoms with Gasteiger partial charge in [-0.25, -0.2) is 4.39 Å². The van der Waals surface area contributed by atoms with Gasteiger partial charge in [0.1, 0.15) is 11.9 Å². The predicted molar refractivity (Wildman–Crippen MR) is 112 cm³/mol. The number of hydrogen-bond donors (Lipinski definition) is 1. The Morgan fingerprint density at radius 3 is 2.50 bits per heavy atom. The normalized spacial score (nSPS) is 19.4. The average molecular weight is 416 g/mol. The van der Waals surface area contributed by atoms with Crippen molar-refractivity contribution in [2.75, 3.05) is 6.54 Å². The molecule has 0 bridgehead atoms. The molecule has 0 unspecified atom stereocenters. The van der Waals surface area contributed by atoms with Crippen LogP contribution in [0.3, 0.4) is 0 Å². The van der Waals surface area contributed by atoms with E-state index in [1.807, 2.05) is 13.8 Å². The Morgan fingerprint density at radius 1 is 1.20 bits per heavy atom. The highest BCUT2D eigenvalue weighted by molar-refractivity contribution is 5.89. The second kappa shape index (κ2) is 9.41. The summed E-state index contributed by atoms with van der Waals surface area (Å²) < 4.78 is 18.5. The van der Waals surface area contributed by atoms with Gasteiger partial charge in [0.15, 0.2) is 5.76 Å². The van der Waals surface area contributed by atoms with Crippen molar-refractivity contribution in [1.82, 2.24) is 15.4 Å². The first-order valence-corrected chi connectivity index (χ1v) is 10.5. The number of rotatable bonds is 7. The third-order valence-electron chi connectivity index (χ3n) is 5.23. The lowest BCUT2D eigenvalue weighted by molar-refractivity contribution is -0.145. The third kappa shape index (κ3) is 5.46. The van der Waals surface area contributed by atoms with Crippen LogP contribution < -0.4 is 5.32 Å². The van der Waals surface area contributed by atoms with Crippen molar-refractivity contribution in [3.63, 3.8) is 0 Å². The van der Waals surface area contributed by atoms with Crippen molar-refractivity contribution < 1.29 is 18.5 Å². The van der Waals surface area contributed by atoms with Crippen LogP contribution in [0.25, 0.3) is 11.3 Å². The molecule has 1 fully saturated rings. The van der Waals surface area contributed by atoms with Crippen LogP contribution in [-0.2, 0) is 16.0 Å². The van der Waals surface area contributed by atoms with Gasteiger partial charge in [-0.3, -0.25) is 9.59 Å². The van der Waals surface area contributed by atoms with Crippen molar-refractivity contribution >= 4 is 11.8 Å². The van der Waals surface area contributed by atoms with Gasteiger partial charge in [0.25, 0.3) is 0 Å². The lowest BCUT2D eigenvalue weighted by Gasteiger charge is -2.40. The molecule has 7 heteroatoms. The van der Waals surface area contributed by atoms with E-state index in [9.17, 15) is 14.0 Å². The molecule has 0 spiro atoms. The van der Waals surface area contributed by atoms with Gasteiger partial charge in [-0.05, 0) is 48.9 Å². The van der Waals surface area contributed by atoms with Crippen molar-refractivity contribution in [2.24, 2.45) is 11.8 Å². The minimum absolute atomic E-state index is 0.0445. The summed E-state index contributed by atoms with van der Waals surface area (Å²) in [5.74, 6) is 0.636. The number of nitrogens with one attached hydrogen (secondary N) is 1. The van der Waals surface area contributed by atoms with E-state index in [1.54, 1.807) is 23.1 Å². The quantitative estimate of drug-likeness (QED) is 0.746. The SMILES string of the molecule is CC(C)C[C@H]1CN(C(=O)Cc2cc(-c3ccc(F)cc3)on2)[C@@H](CC(C)C)C(=O)N1. The molecule has 0 radical (unpaired) electrons. The standard InChI is InChI=1S/C23H30FN3O3/c1-14(2)9-19-13-27(20(10-15(3)4)23(29)25-19)22(28)12-18-11-21(30-26-18)16-5-7-17(24)8-6-16/h5-8,11,14-15,19-20H,9-10,12-13H2,1-4H3,(H,25,29)/t19-,20-/m0/s1. The highest BCUT2D eigenvalue weighted by atomic mass is 19.1. The summed E-state index contributed by atoms with van der Waals surface area (Å²) in [7, 11) is 0. The minimum Gasteiger partial charge on any atom is -0.356 e. The van der Waals surface area contributed by atoms with E-state index >= 15 is 0 Å². The van der Waals surface area contributed by atoms with E-state index < -0.39 is 6.04 Å². The lowest BCUT2D eigenvalue weighted by Crippen LogP contribution is -2.62. The molecule has 1 aliphatic rings. The molecule has 6 nitrogen and oxygen atoms in total. The zero-order valence-corrected chi connectivity index (χ0v) is 18.0. The molecule has 30 heavy (non-hydrogen) atoms. The van der Waals surface area contributed by atoms with Crippen LogP contribution in [0.15, 0.2) is 34.9 Å². The molecule has 1 aromatic heterocycles. The molecule has 2 aromatic rings. The van der Waals surface area contributed by atoms with Gasteiger partial charge in [0, 0.05) is 24.2 Å². The van der Waals surface area contributed by atoms with Gasteiger partial charge in [-0.2, -0.15) is 0 Å². The summed E-state index contributed by atoms with van der Waals surface area (Å²) in [5, 5.41) is 7.09. The second-order valence-corrected chi connectivity index (χ2v) is 8.89. The Morgan fingerprint density at radius 2 is 1.87 bits per heavy atom. The number of amides is 2. The Labute approximate surface area is 176 Å². The summed E-state index contributed by atoms with van der Waals surface area (Å²) in [5.41, 5.74) is 1.18.